The molecule has 1 saturated heterocycles. The summed E-state index contributed by atoms with van der Waals surface area (Å²) in [6.07, 6.45) is 0.315. The highest BCUT2D eigenvalue weighted by atomic mass is 35.5. The molecule has 4 nitrogen and oxygen atoms in total. The van der Waals surface area contributed by atoms with E-state index in [1.165, 1.54) is 0 Å². The molecule has 18 heavy (non-hydrogen) atoms. The summed E-state index contributed by atoms with van der Waals surface area (Å²) in [5.41, 5.74) is 0.507. The predicted molar refractivity (Wildman–Crippen MR) is 70.7 cm³/mol. The molecular formula is C13H15ClN2O2. The first kappa shape index (κ1) is 12.9. The molecule has 1 atom stereocenters. The van der Waals surface area contributed by atoms with Crippen molar-refractivity contribution in [3.63, 3.8) is 0 Å². The number of urea groups is 1. The Kier molecular flexibility index (Phi) is 3.57. The van der Waals surface area contributed by atoms with Crippen molar-refractivity contribution in [2.75, 3.05) is 4.90 Å². The van der Waals surface area contributed by atoms with Gasteiger partial charge in [0.05, 0.1) is 5.69 Å². The SMILES string of the molecule is CC(C)C1CC(=O)N(c2cccc(Cl)c2)C(=O)N1. The number of nitrogens with zero attached hydrogens (tertiary/aromatic N) is 1. The monoisotopic (exact) mass is 266 g/mol. The maximum atomic E-state index is 12.1. The number of nitrogens with one attached hydrogen (secondary N) is 1. The van der Waals surface area contributed by atoms with E-state index >= 15 is 0 Å². The summed E-state index contributed by atoms with van der Waals surface area (Å²) in [6.45, 7) is 3.96. The van der Waals surface area contributed by atoms with Crippen LogP contribution in [0.3, 0.4) is 0 Å². The van der Waals surface area contributed by atoms with E-state index in [0.29, 0.717) is 17.1 Å². The molecule has 5 heteroatoms. The van der Waals surface area contributed by atoms with Crippen molar-refractivity contribution in [2.45, 2.75) is 26.3 Å². The second kappa shape index (κ2) is 4.98. The lowest BCUT2D eigenvalue weighted by Crippen LogP contribution is -2.56. The Bertz CT molecular complexity index is 470. The fourth-order valence-electron chi connectivity index (χ4n) is 1.95. The van der Waals surface area contributed by atoms with Gasteiger partial charge in [0.15, 0.2) is 0 Å². The molecule has 0 aliphatic carbocycles. The molecule has 2 rings (SSSR count). The minimum Gasteiger partial charge on any atom is -0.334 e. The lowest BCUT2D eigenvalue weighted by molar-refractivity contribution is -0.119. The fourth-order valence-corrected chi connectivity index (χ4v) is 2.13. The first-order chi connectivity index (χ1) is 8.49. The van der Waals surface area contributed by atoms with Gasteiger partial charge in [-0.3, -0.25) is 4.79 Å². The van der Waals surface area contributed by atoms with E-state index in [9.17, 15) is 9.59 Å². The molecule has 1 aromatic carbocycles. The van der Waals surface area contributed by atoms with Crippen LogP contribution in [0.2, 0.25) is 5.02 Å². The lowest BCUT2D eigenvalue weighted by Gasteiger charge is -2.33. The van der Waals surface area contributed by atoms with Crippen molar-refractivity contribution in [3.05, 3.63) is 29.3 Å². The molecule has 96 valence electrons. The van der Waals surface area contributed by atoms with Crippen LogP contribution in [-0.2, 0) is 4.79 Å². The Morgan fingerprint density at radius 3 is 2.67 bits per heavy atom. The quantitative estimate of drug-likeness (QED) is 0.895. The Morgan fingerprint density at radius 2 is 2.11 bits per heavy atom. The van der Waals surface area contributed by atoms with E-state index in [4.69, 9.17) is 11.6 Å². The number of rotatable bonds is 2. The highest BCUT2D eigenvalue weighted by Gasteiger charge is 2.34. The third kappa shape index (κ3) is 2.48. The number of carbonyl (C=O) groups excluding carboxylic acids is 2. The maximum Gasteiger partial charge on any atom is 0.328 e. The third-order valence-electron chi connectivity index (χ3n) is 3.03. The van der Waals surface area contributed by atoms with Gasteiger partial charge in [-0.25, -0.2) is 9.69 Å². The van der Waals surface area contributed by atoms with E-state index in [-0.39, 0.29) is 23.9 Å². The molecule has 1 aromatic rings. The number of amides is 3. The van der Waals surface area contributed by atoms with Gasteiger partial charge in [0.1, 0.15) is 0 Å². The van der Waals surface area contributed by atoms with E-state index in [1.807, 2.05) is 13.8 Å². The number of anilines is 1. The summed E-state index contributed by atoms with van der Waals surface area (Å²) >= 11 is 5.87. The molecule has 1 aliphatic heterocycles. The summed E-state index contributed by atoms with van der Waals surface area (Å²) in [4.78, 5) is 25.2. The molecule has 0 radical (unpaired) electrons. The van der Waals surface area contributed by atoms with Crippen LogP contribution in [-0.4, -0.2) is 18.0 Å². The van der Waals surface area contributed by atoms with Gasteiger partial charge >= 0.3 is 6.03 Å². The zero-order chi connectivity index (χ0) is 13.3. The largest absolute Gasteiger partial charge is 0.334 e. The van der Waals surface area contributed by atoms with Crippen LogP contribution < -0.4 is 10.2 Å². The molecule has 0 spiro atoms. The van der Waals surface area contributed by atoms with Gasteiger partial charge in [-0.1, -0.05) is 31.5 Å². The molecular weight excluding hydrogens is 252 g/mol. The van der Waals surface area contributed by atoms with Gasteiger partial charge < -0.3 is 5.32 Å². The standard InChI is InChI=1S/C13H15ClN2O2/c1-8(2)11-7-12(17)16(13(18)15-11)10-5-3-4-9(14)6-10/h3-6,8,11H,7H2,1-2H3,(H,15,18). The van der Waals surface area contributed by atoms with Gasteiger partial charge in [0.25, 0.3) is 0 Å². The summed E-state index contributed by atoms with van der Waals surface area (Å²) in [5, 5.41) is 3.34. The summed E-state index contributed by atoms with van der Waals surface area (Å²) in [6, 6.07) is 6.24. The predicted octanol–water partition coefficient (Wildman–Crippen LogP) is 2.81. The highest BCUT2D eigenvalue weighted by molar-refractivity contribution is 6.31. The smallest absolute Gasteiger partial charge is 0.328 e. The van der Waals surface area contributed by atoms with Gasteiger partial charge in [0, 0.05) is 17.5 Å². The second-order valence-electron chi connectivity index (χ2n) is 4.71. The summed E-state index contributed by atoms with van der Waals surface area (Å²) < 4.78 is 0. The molecule has 3 amide bonds. The molecule has 0 aromatic heterocycles. The van der Waals surface area contributed by atoms with E-state index < -0.39 is 0 Å². The minimum absolute atomic E-state index is 0.0968. The van der Waals surface area contributed by atoms with Gasteiger partial charge in [0.2, 0.25) is 5.91 Å². The van der Waals surface area contributed by atoms with Crippen molar-refractivity contribution in [2.24, 2.45) is 5.92 Å². The summed E-state index contributed by atoms with van der Waals surface area (Å²) in [7, 11) is 0. The van der Waals surface area contributed by atoms with Crippen molar-refractivity contribution in [3.8, 4) is 0 Å². The van der Waals surface area contributed by atoms with Crippen LogP contribution in [0.1, 0.15) is 20.3 Å². The van der Waals surface area contributed by atoms with Crippen molar-refractivity contribution in [1.82, 2.24) is 5.32 Å². The lowest BCUT2D eigenvalue weighted by atomic mass is 9.98. The first-order valence-corrected chi connectivity index (χ1v) is 6.26. The molecule has 0 bridgehead atoms. The Labute approximate surface area is 111 Å². The van der Waals surface area contributed by atoms with Crippen molar-refractivity contribution >= 4 is 29.2 Å². The molecule has 1 aliphatic rings. The van der Waals surface area contributed by atoms with E-state index in [1.54, 1.807) is 24.3 Å². The number of halogens is 1. The molecule has 0 saturated carbocycles. The van der Waals surface area contributed by atoms with Gasteiger partial charge in [-0.05, 0) is 24.1 Å². The Morgan fingerprint density at radius 1 is 1.39 bits per heavy atom. The molecule has 1 N–H and O–H groups in total. The normalized spacial score (nSPS) is 20.2. The van der Waals surface area contributed by atoms with E-state index in [0.717, 1.165) is 4.90 Å². The van der Waals surface area contributed by atoms with Crippen LogP contribution in [0.25, 0.3) is 0 Å². The summed E-state index contributed by atoms with van der Waals surface area (Å²) in [5.74, 6) is 0.0409. The van der Waals surface area contributed by atoms with Crippen LogP contribution in [0, 0.1) is 5.92 Å². The number of carbonyl (C=O) groups is 2. The second-order valence-corrected chi connectivity index (χ2v) is 5.15. The average molecular weight is 267 g/mol. The zero-order valence-corrected chi connectivity index (χ0v) is 11.1. The number of hydrogen-bond acceptors (Lipinski definition) is 2. The molecule has 1 fully saturated rings. The zero-order valence-electron chi connectivity index (χ0n) is 10.3. The number of imide groups is 1. The van der Waals surface area contributed by atoms with Crippen LogP contribution in [0.5, 0.6) is 0 Å². The van der Waals surface area contributed by atoms with Gasteiger partial charge in [-0.2, -0.15) is 0 Å². The van der Waals surface area contributed by atoms with Crippen molar-refractivity contribution < 1.29 is 9.59 Å². The van der Waals surface area contributed by atoms with Crippen LogP contribution in [0.4, 0.5) is 10.5 Å². The highest BCUT2D eigenvalue weighted by Crippen LogP contribution is 2.24. The number of benzene rings is 1. The third-order valence-corrected chi connectivity index (χ3v) is 3.26. The fraction of sp³-hybridized carbons (Fsp3) is 0.385. The molecule has 1 unspecified atom stereocenters. The maximum absolute atomic E-state index is 12.1. The minimum atomic E-state index is -0.382. The van der Waals surface area contributed by atoms with E-state index in [2.05, 4.69) is 5.32 Å². The Balaban J connectivity index is 2.25. The first-order valence-electron chi connectivity index (χ1n) is 5.88. The van der Waals surface area contributed by atoms with Crippen LogP contribution in [0.15, 0.2) is 24.3 Å². The topological polar surface area (TPSA) is 49.4 Å². The number of hydrogen-bond donors (Lipinski definition) is 1. The van der Waals surface area contributed by atoms with Gasteiger partial charge in [-0.15, -0.1) is 0 Å². The average Bonchev–Trinajstić information content (AvgIpc) is 2.27. The van der Waals surface area contributed by atoms with Crippen LogP contribution >= 0.6 is 11.6 Å². The molecule has 1 heterocycles. The van der Waals surface area contributed by atoms with Crippen molar-refractivity contribution in [1.29, 1.82) is 0 Å². The Hall–Kier alpha value is -1.55.